The quantitative estimate of drug-likeness (QED) is 0.735. The number of hydrogen-bond acceptors (Lipinski definition) is 1. The van der Waals surface area contributed by atoms with Gasteiger partial charge in [-0.25, -0.2) is 8.78 Å². The van der Waals surface area contributed by atoms with Gasteiger partial charge in [0.05, 0.1) is 10.7 Å². The Morgan fingerprint density at radius 3 is 2.69 bits per heavy atom. The molecule has 0 saturated heterocycles. The van der Waals surface area contributed by atoms with Crippen LogP contribution in [-0.4, -0.2) is 0 Å². The minimum Gasteiger partial charge on any atom is -0.398 e. The molecule has 72 valence electrons. The molecule has 1 atom stereocenters. The van der Waals surface area contributed by atoms with Crippen LogP contribution in [-0.2, 0) is 0 Å². The summed E-state index contributed by atoms with van der Waals surface area (Å²) in [7, 11) is 0. The first kappa shape index (κ1) is 10.3. The largest absolute Gasteiger partial charge is 0.398 e. The summed E-state index contributed by atoms with van der Waals surface area (Å²) in [5, 5.41) is 0.115. The Bertz CT molecular complexity index is 315. The van der Waals surface area contributed by atoms with E-state index in [1.54, 1.807) is 6.92 Å². The van der Waals surface area contributed by atoms with Gasteiger partial charge >= 0.3 is 0 Å². The second-order valence-corrected chi connectivity index (χ2v) is 3.18. The van der Waals surface area contributed by atoms with Gasteiger partial charge in [0.1, 0.15) is 12.0 Å². The average molecular weight is 206 g/mol. The highest BCUT2D eigenvalue weighted by Gasteiger charge is 2.14. The number of nitrogens with two attached hydrogens (primary N) is 1. The van der Waals surface area contributed by atoms with E-state index in [4.69, 9.17) is 17.3 Å². The third kappa shape index (κ3) is 2.10. The number of anilines is 1. The molecule has 0 aliphatic carbocycles. The van der Waals surface area contributed by atoms with Gasteiger partial charge in [-0.2, -0.15) is 0 Å². The van der Waals surface area contributed by atoms with E-state index < -0.39 is 12.0 Å². The Hall–Kier alpha value is -0.830. The molecule has 1 aromatic rings. The highest BCUT2D eigenvalue weighted by atomic mass is 35.5. The van der Waals surface area contributed by atoms with E-state index in [1.807, 2.05) is 0 Å². The van der Waals surface area contributed by atoms with E-state index in [2.05, 4.69) is 0 Å². The molecule has 13 heavy (non-hydrogen) atoms. The van der Waals surface area contributed by atoms with Crippen molar-refractivity contribution in [2.75, 3.05) is 5.73 Å². The van der Waals surface area contributed by atoms with Crippen molar-refractivity contribution in [2.24, 2.45) is 0 Å². The van der Waals surface area contributed by atoms with E-state index in [9.17, 15) is 8.78 Å². The van der Waals surface area contributed by atoms with E-state index in [-0.39, 0.29) is 22.7 Å². The van der Waals surface area contributed by atoms with Crippen LogP contribution in [0.15, 0.2) is 12.1 Å². The maximum absolute atomic E-state index is 13.1. The topological polar surface area (TPSA) is 26.0 Å². The number of halogens is 3. The van der Waals surface area contributed by atoms with Crippen LogP contribution in [0, 0.1) is 5.82 Å². The van der Waals surface area contributed by atoms with Crippen molar-refractivity contribution in [3.63, 3.8) is 0 Å². The lowest BCUT2D eigenvalue weighted by atomic mass is 10.1. The highest BCUT2D eigenvalue weighted by Crippen LogP contribution is 2.29. The van der Waals surface area contributed by atoms with Gasteiger partial charge in [0.2, 0.25) is 0 Å². The van der Waals surface area contributed by atoms with E-state index >= 15 is 0 Å². The number of rotatable bonds is 2. The fourth-order valence-electron chi connectivity index (χ4n) is 1.04. The molecule has 2 N–H and O–H groups in total. The highest BCUT2D eigenvalue weighted by molar-refractivity contribution is 6.33. The van der Waals surface area contributed by atoms with Crippen LogP contribution in [0.5, 0.6) is 0 Å². The van der Waals surface area contributed by atoms with Crippen LogP contribution in [0.4, 0.5) is 14.5 Å². The number of nitrogen functional groups attached to an aromatic ring is 1. The zero-order valence-electron chi connectivity index (χ0n) is 7.15. The summed E-state index contributed by atoms with van der Waals surface area (Å²) in [6.45, 7) is 1.63. The van der Waals surface area contributed by atoms with Gasteiger partial charge in [0.15, 0.2) is 0 Å². The number of benzene rings is 1. The molecule has 0 bridgehead atoms. The zero-order valence-corrected chi connectivity index (χ0v) is 7.91. The van der Waals surface area contributed by atoms with E-state index in [1.165, 1.54) is 6.07 Å². The maximum atomic E-state index is 13.1. The predicted octanol–water partition coefficient (Wildman–Crippen LogP) is 3.48. The van der Waals surface area contributed by atoms with Crippen molar-refractivity contribution in [1.29, 1.82) is 0 Å². The summed E-state index contributed by atoms with van der Waals surface area (Å²) in [4.78, 5) is 0. The molecule has 0 aliphatic rings. The van der Waals surface area contributed by atoms with Gasteiger partial charge < -0.3 is 5.73 Å². The molecule has 1 rings (SSSR count). The van der Waals surface area contributed by atoms with Gasteiger partial charge in [-0.1, -0.05) is 18.5 Å². The molecular formula is C9H10ClF2N. The molecule has 1 unspecified atom stereocenters. The van der Waals surface area contributed by atoms with Crippen molar-refractivity contribution in [3.05, 3.63) is 28.5 Å². The van der Waals surface area contributed by atoms with Crippen molar-refractivity contribution < 1.29 is 8.78 Å². The summed E-state index contributed by atoms with van der Waals surface area (Å²) in [5.41, 5.74) is 5.60. The lowest BCUT2D eigenvalue weighted by Crippen LogP contribution is -1.97. The van der Waals surface area contributed by atoms with Crippen molar-refractivity contribution in [1.82, 2.24) is 0 Å². The van der Waals surface area contributed by atoms with Gasteiger partial charge in [0, 0.05) is 5.56 Å². The molecular weight excluding hydrogens is 196 g/mol. The molecule has 1 nitrogen and oxygen atoms in total. The molecule has 4 heteroatoms. The Morgan fingerprint density at radius 1 is 1.54 bits per heavy atom. The Labute approximate surface area is 80.5 Å². The fraction of sp³-hybridized carbons (Fsp3) is 0.333. The molecule has 0 aromatic heterocycles. The Balaban J connectivity index is 3.15. The predicted molar refractivity (Wildman–Crippen MR) is 50.0 cm³/mol. The molecule has 0 aliphatic heterocycles. The standard InChI is InChI=1S/C9H10ClF2N/c1-2-7(11)5-3-9(13)6(10)4-8(5)12/h3-4,7H,2,13H2,1H3. The Kier molecular flexibility index (Phi) is 3.09. The van der Waals surface area contributed by atoms with Crippen LogP contribution in [0.25, 0.3) is 0 Å². The minimum atomic E-state index is -1.32. The van der Waals surface area contributed by atoms with Gasteiger partial charge in [0.25, 0.3) is 0 Å². The van der Waals surface area contributed by atoms with Crippen LogP contribution >= 0.6 is 11.6 Å². The average Bonchev–Trinajstić information content (AvgIpc) is 2.10. The van der Waals surface area contributed by atoms with Crippen molar-refractivity contribution in [3.8, 4) is 0 Å². The smallest absolute Gasteiger partial charge is 0.130 e. The normalized spacial score (nSPS) is 12.9. The van der Waals surface area contributed by atoms with Crippen LogP contribution in [0.1, 0.15) is 25.1 Å². The van der Waals surface area contributed by atoms with E-state index in [0.29, 0.717) is 0 Å². The summed E-state index contributed by atoms with van der Waals surface area (Å²) < 4.78 is 26.2. The molecule has 0 spiro atoms. The van der Waals surface area contributed by atoms with Crippen LogP contribution in [0.2, 0.25) is 5.02 Å². The minimum absolute atomic E-state index is 0.0237. The zero-order chi connectivity index (χ0) is 10.0. The number of alkyl halides is 1. The summed E-state index contributed by atoms with van der Waals surface area (Å²) in [6.07, 6.45) is -1.10. The third-order valence-electron chi connectivity index (χ3n) is 1.81. The summed E-state index contributed by atoms with van der Waals surface area (Å²) in [5.74, 6) is -0.645. The first-order valence-corrected chi connectivity index (χ1v) is 4.32. The third-order valence-corrected chi connectivity index (χ3v) is 2.14. The van der Waals surface area contributed by atoms with Crippen LogP contribution < -0.4 is 5.73 Å². The molecule has 1 aromatic carbocycles. The first-order chi connectivity index (χ1) is 6.06. The monoisotopic (exact) mass is 205 g/mol. The van der Waals surface area contributed by atoms with Gasteiger partial charge in [-0.05, 0) is 18.6 Å². The molecule has 0 amide bonds. The second-order valence-electron chi connectivity index (χ2n) is 2.77. The molecule has 0 radical (unpaired) electrons. The summed E-state index contributed by atoms with van der Waals surface area (Å²) >= 11 is 5.55. The molecule has 0 saturated carbocycles. The van der Waals surface area contributed by atoms with Gasteiger partial charge in [-0.3, -0.25) is 0 Å². The lowest BCUT2D eigenvalue weighted by molar-refractivity contribution is 0.324. The van der Waals surface area contributed by atoms with Crippen molar-refractivity contribution in [2.45, 2.75) is 19.5 Å². The Morgan fingerprint density at radius 2 is 2.15 bits per heavy atom. The first-order valence-electron chi connectivity index (χ1n) is 3.94. The van der Waals surface area contributed by atoms with Crippen LogP contribution in [0.3, 0.4) is 0 Å². The second kappa shape index (κ2) is 3.92. The fourth-order valence-corrected chi connectivity index (χ4v) is 1.19. The lowest BCUT2D eigenvalue weighted by Gasteiger charge is -2.08. The SMILES string of the molecule is CCC(F)c1cc(N)c(Cl)cc1F. The van der Waals surface area contributed by atoms with Crippen molar-refractivity contribution >= 4 is 17.3 Å². The molecule has 0 heterocycles. The molecule has 0 fully saturated rings. The number of hydrogen-bond donors (Lipinski definition) is 1. The van der Waals surface area contributed by atoms with Gasteiger partial charge in [-0.15, -0.1) is 0 Å². The maximum Gasteiger partial charge on any atom is 0.130 e. The summed E-state index contributed by atoms with van der Waals surface area (Å²) in [6, 6.07) is 2.28. The van der Waals surface area contributed by atoms with E-state index in [0.717, 1.165) is 6.07 Å².